The second kappa shape index (κ2) is 6.29. The van der Waals surface area contributed by atoms with Crippen molar-refractivity contribution in [2.24, 2.45) is 5.41 Å². The molecule has 0 heterocycles. The van der Waals surface area contributed by atoms with Crippen LogP contribution in [0.2, 0.25) is 0 Å². The van der Waals surface area contributed by atoms with Gasteiger partial charge in [-0.3, -0.25) is 0 Å². The lowest BCUT2D eigenvalue weighted by Crippen LogP contribution is -2.19. The molecule has 0 aromatic heterocycles. The lowest BCUT2D eigenvalue weighted by Gasteiger charge is -2.08. The van der Waals surface area contributed by atoms with Crippen molar-refractivity contribution in [2.75, 3.05) is 13.7 Å². The first-order valence-electron chi connectivity index (χ1n) is 8.14. The van der Waals surface area contributed by atoms with Crippen molar-refractivity contribution in [2.45, 2.75) is 29.9 Å². The van der Waals surface area contributed by atoms with E-state index in [1.165, 1.54) is 7.11 Å². The van der Waals surface area contributed by atoms with Crippen molar-refractivity contribution < 1.29 is 13.2 Å². The van der Waals surface area contributed by atoms with E-state index in [1.807, 2.05) is 38.1 Å². The van der Waals surface area contributed by atoms with Crippen molar-refractivity contribution >= 4 is 9.84 Å². The molecule has 1 aliphatic rings. The molecule has 0 amide bonds. The molecule has 3 rings (SSSR count). The zero-order valence-electron chi connectivity index (χ0n) is 14.6. The van der Waals surface area contributed by atoms with Crippen molar-refractivity contribution in [1.82, 2.24) is 0 Å². The lowest BCUT2D eigenvalue weighted by atomic mass is 10.0. The van der Waals surface area contributed by atoms with Crippen LogP contribution in [0.3, 0.4) is 0 Å². The molecule has 0 N–H and O–H groups in total. The van der Waals surface area contributed by atoms with Crippen LogP contribution in [0.4, 0.5) is 0 Å². The zero-order valence-corrected chi connectivity index (χ0v) is 15.4. The van der Waals surface area contributed by atoms with Crippen LogP contribution in [0, 0.1) is 30.6 Å². The van der Waals surface area contributed by atoms with Crippen LogP contribution in [0.15, 0.2) is 53.4 Å². The van der Waals surface area contributed by atoms with Crippen LogP contribution >= 0.6 is 0 Å². The third kappa shape index (κ3) is 2.86. The Kier molecular flexibility index (Phi) is 4.44. The van der Waals surface area contributed by atoms with Gasteiger partial charge in [0.05, 0.1) is 22.8 Å². The fourth-order valence-electron chi connectivity index (χ4n) is 3.56. The molecule has 2 aromatic carbocycles. The SMILES string of the molecule is COC[C@@]1(C#N)[C@H](c2ccc(C)cc2)[C@@H]1S(=O)(=O)c1ccc(C)cc1. The summed E-state index contributed by atoms with van der Waals surface area (Å²) in [5.74, 6) is -0.385. The maximum atomic E-state index is 13.2. The molecule has 25 heavy (non-hydrogen) atoms. The van der Waals surface area contributed by atoms with Crippen LogP contribution < -0.4 is 0 Å². The van der Waals surface area contributed by atoms with E-state index in [4.69, 9.17) is 4.74 Å². The first kappa shape index (κ1) is 17.7. The van der Waals surface area contributed by atoms with Gasteiger partial charge in [0.15, 0.2) is 9.84 Å². The van der Waals surface area contributed by atoms with Gasteiger partial charge in [-0.1, -0.05) is 47.5 Å². The highest BCUT2D eigenvalue weighted by molar-refractivity contribution is 7.92. The maximum absolute atomic E-state index is 13.2. The number of benzene rings is 2. The summed E-state index contributed by atoms with van der Waals surface area (Å²) in [6.07, 6.45) is 0. The topological polar surface area (TPSA) is 67.2 Å². The van der Waals surface area contributed by atoms with Crippen LogP contribution in [0.1, 0.15) is 22.6 Å². The fourth-order valence-corrected chi connectivity index (χ4v) is 5.87. The highest BCUT2D eigenvalue weighted by Gasteiger charge is 2.72. The molecule has 3 atom stereocenters. The number of ether oxygens (including phenoxy) is 1. The van der Waals surface area contributed by atoms with Gasteiger partial charge in [-0.25, -0.2) is 8.42 Å². The van der Waals surface area contributed by atoms with Gasteiger partial charge < -0.3 is 4.74 Å². The maximum Gasteiger partial charge on any atom is 0.183 e. The smallest absolute Gasteiger partial charge is 0.183 e. The number of rotatable bonds is 5. The van der Waals surface area contributed by atoms with Gasteiger partial charge in [-0.2, -0.15) is 5.26 Å². The summed E-state index contributed by atoms with van der Waals surface area (Å²) < 4.78 is 31.6. The van der Waals surface area contributed by atoms with Gasteiger partial charge in [0, 0.05) is 13.0 Å². The summed E-state index contributed by atoms with van der Waals surface area (Å²) in [4.78, 5) is 0.258. The Balaban J connectivity index is 2.07. The third-order valence-electron chi connectivity index (χ3n) is 4.97. The quantitative estimate of drug-likeness (QED) is 0.824. The van der Waals surface area contributed by atoms with Gasteiger partial charge in [0.1, 0.15) is 5.41 Å². The molecule has 0 aliphatic heterocycles. The molecule has 0 spiro atoms. The predicted octanol–water partition coefficient (Wildman–Crippen LogP) is 3.40. The molecule has 4 nitrogen and oxygen atoms in total. The number of nitrogens with zero attached hydrogens (tertiary/aromatic N) is 1. The van der Waals surface area contributed by atoms with Gasteiger partial charge >= 0.3 is 0 Å². The number of nitriles is 1. The fraction of sp³-hybridized carbons (Fsp3) is 0.350. The molecule has 0 unspecified atom stereocenters. The van der Waals surface area contributed by atoms with Crippen molar-refractivity contribution in [3.8, 4) is 6.07 Å². The average Bonchev–Trinajstić information content (AvgIpc) is 3.26. The van der Waals surface area contributed by atoms with E-state index in [-0.39, 0.29) is 17.4 Å². The predicted molar refractivity (Wildman–Crippen MR) is 96.0 cm³/mol. The average molecular weight is 355 g/mol. The zero-order chi connectivity index (χ0) is 18.2. The Morgan fingerprint density at radius 1 is 1.04 bits per heavy atom. The normalized spacial score (nSPS) is 25.4. The van der Waals surface area contributed by atoms with E-state index in [2.05, 4.69) is 6.07 Å². The largest absolute Gasteiger partial charge is 0.383 e. The molecule has 0 bridgehead atoms. The van der Waals surface area contributed by atoms with Gasteiger partial charge in [0.2, 0.25) is 0 Å². The van der Waals surface area contributed by atoms with Crippen molar-refractivity contribution in [3.05, 3.63) is 65.2 Å². The molecule has 130 valence electrons. The molecule has 0 saturated heterocycles. The Labute approximate surface area is 149 Å². The first-order valence-corrected chi connectivity index (χ1v) is 9.69. The minimum atomic E-state index is -3.63. The van der Waals surface area contributed by atoms with E-state index < -0.39 is 20.5 Å². The molecule has 1 saturated carbocycles. The van der Waals surface area contributed by atoms with E-state index in [0.717, 1.165) is 16.7 Å². The second-order valence-electron chi connectivity index (χ2n) is 6.75. The highest BCUT2D eigenvalue weighted by atomic mass is 32.2. The van der Waals surface area contributed by atoms with Crippen molar-refractivity contribution in [1.29, 1.82) is 5.26 Å². The standard InChI is InChI=1S/C20H21NO3S/c1-14-4-8-16(9-5-14)18-19(20(18,12-21)13-24-3)25(22,23)17-10-6-15(2)7-11-17/h4-11,18-19H,13H2,1-3H3/t18-,19+,20+/m1/s1. The Hall–Kier alpha value is -2.16. The number of sulfone groups is 1. The van der Waals surface area contributed by atoms with Crippen LogP contribution in [0.5, 0.6) is 0 Å². The molecule has 0 radical (unpaired) electrons. The lowest BCUT2D eigenvalue weighted by molar-refractivity contribution is 0.162. The summed E-state index contributed by atoms with van der Waals surface area (Å²) in [7, 11) is -2.14. The summed E-state index contributed by atoms with van der Waals surface area (Å²) in [5.41, 5.74) is 1.91. The van der Waals surface area contributed by atoms with Crippen LogP contribution in [0.25, 0.3) is 0 Å². The number of aryl methyl sites for hydroxylation is 2. The molecule has 1 aliphatic carbocycles. The highest BCUT2D eigenvalue weighted by Crippen LogP contribution is 2.63. The summed E-state index contributed by atoms with van der Waals surface area (Å²) >= 11 is 0. The number of hydrogen-bond donors (Lipinski definition) is 0. The second-order valence-corrected chi connectivity index (χ2v) is 8.82. The van der Waals surface area contributed by atoms with Gasteiger partial charge in [-0.05, 0) is 31.5 Å². The monoisotopic (exact) mass is 355 g/mol. The Bertz CT molecular complexity index is 911. The Morgan fingerprint density at radius 3 is 2.04 bits per heavy atom. The summed E-state index contributed by atoms with van der Waals surface area (Å²) in [5, 5.41) is 9.01. The van der Waals surface area contributed by atoms with Crippen molar-refractivity contribution in [3.63, 3.8) is 0 Å². The van der Waals surface area contributed by atoms with Crippen LogP contribution in [-0.4, -0.2) is 27.4 Å². The molecule has 1 fully saturated rings. The van der Waals surface area contributed by atoms with Gasteiger partial charge in [0.25, 0.3) is 0 Å². The van der Waals surface area contributed by atoms with Crippen LogP contribution in [-0.2, 0) is 14.6 Å². The first-order chi connectivity index (χ1) is 11.9. The minimum Gasteiger partial charge on any atom is -0.383 e. The minimum absolute atomic E-state index is 0.0950. The number of methoxy groups -OCH3 is 1. The third-order valence-corrected chi connectivity index (χ3v) is 7.26. The molecule has 2 aromatic rings. The molecular weight excluding hydrogens is 334 g/mol. The van der Waals surface area contributed by atoms with E-state index in [0.29, 0.717) is 0 Å². The molecule has 5 heteroatoms. The molecular formula is C20H21NO3S. The number of hydrogen-bond acceptors (Lipinski definition) is 4. The Morgan fingerprint density at radius 2 is 1.56 bits per heavy atom. The van der Waals surface area contributed by atoms with Gasteiger partial charge in [-0.15, -0.1) is 0 Å². The summed E-state index contributed by atoms with van der Waals surface area (Å²) in [6.45, 7) is 3.98. The van der Waals surface area contributed by atoms with E-state index >= 15 is 0 Å². The summed E-state index contributed by atoms with van der Waals surface area (Å²) in [6, 6.07) is 16.7. The van der Waals surface area contributed by atoms with E-state index in [9.17, 15) is 13.7 Å². The van der Waals surface area contributed by atoms with E-state index in [1.54, 1.807) is 24.3 Å².